The molecule has 1 rings (SSSR count). The number of hydrogen-bond acceptors (Lipinski definition) is 2. The van der Waals surface area contributed by atoms with Crippen molar-refractivity contribution in [1.82, 2.24) is 5.32 Å². The average molecular weight is 251 g/mol. The molecule has 0 aliphatic heterocycles. The smallest absolute Gasteiger partial charge is 0.0671 e. The molecule has 0 heterocycles. The third kappa shape index (κ3) is 5.21. The molecule has 0 saturated carbocycles. The first-order valence-corrected chi connectivity index (χ1v) is 6.36. The topological polar surface area (TPSA) is 35.8 Å². The zero-order valence-corrected chi connectivity index (χ0v) is 11.2. The van der Waals surface area contributed by atoms with E-state index in [-0.39, 0.29) is 5.92 Å². The van der Waals surface area contributed by atoms with E-state index in [1.54, 1.807) is 0 Å². The first-order chi connectivity index (χ1) is 8.13. The summed E-state index contributed by atoms with van der Waals surface area (Å²) >= 11 is 5.82. The fourth-order valence-corrected chi connectivity index (χ4v) is 1.70. The predicted octanol–water partition coefficient (Wildman–Crippen LogP) is 3.27. The molecule has 0 spiro atoms. The molecule has 2 nitrogen and oxygen atoms in total. The Morgan fingerprint density at radius 3 is 2.47 bits per heavy atom. The van der Waals surface area contributed by atoms with Gasteiger partial charge >= 0.3 is 0 Å². The van der Waals surface area contributed by atoms with E-state index in [1.807, 2.05) is 24.3 Å². The molecule has 0 aromatic heterocycles. The van der Waals surface area contributed by atoms with Crippen molar-refractivity contribution in [2.75, 3.05) is 13.1 Å². The van der Waals surface area contributed by atoms with Gasteiger partial charge in [-0.05, 0) is 36.6 Å². The Morgan fingerprint density at radius 1 is 1.29 bits per heavy atom. The molecule has 0 fully saturated rings. The predicted molar refractivity (Wildman–Crippen MR) is 72.0 cm³/mol. The summed E-state index contributed by atoms with van der Waals surface area (Å²) in [5.41, 5.74) is 1.26. The number of rotatable bonds is 6. The lowest BCUT2D eigenvalue weighted by Crippen LogP contribution is -2.26. The highest BCUT2D eigenvalue weighted by Crippen LogP contribution is 2.10. The van der Waals surface area contributed by atoms with Gasteiger partial charge in [0.2, 0.25) is 0 Å². The van der Waals surface area contributed by atoms with E-state index >= 15 is 0 Å². The van der Waals surface area contributed by atoms with Crippen LogP contribution in [0.2, 0.25) is 5.02 Å². The van der Waals surface area contributed by atoms with Crippen molar-refractivity contribution in [2.24, 2.45) is 11.8 Å². The quantitative estimate of drug-likeness (QED) is 0.787. The molecular formula is C14H19ClN2. The Balaban J connectivity index is 2.24. The maximum absolute atomic E-state index is 8.94. The van der Waals surface area contributed by atoms with Crippen molar-refractivity contribution >= 4 is 11.6 Å². The molecule has 1 aromatic rings. The molecule has 1 aromatic carbocycles. The van der Waals surface area contributed by atoms with Crippen molar-refractivity contribution in [3.05, 3.63) is 34.9 Å². The van der Waals surface area contributed by atoms with Crippen LogP contribution < -0.4 is 5.32 Å². The first kappa shape index (κ1) is 14.0. The number of nitrogens with zero attached hydrogens (tertiary/aromatic N) is 1. The van der Waals surface area contributed by atoms with E-state index in [1.165, 1.54) is 5.56 Å². The van der Waals surface area contributed by atoms with E-state index in [4.69, 9.17) is 16.9 Å². The van der Waals surface area contributed by atoms with Gasteiger partial charge in [-0.25, -0.2) is 0 Å². The average Bonchev–Trinajstić information content (AvgIpc) is 2.31. The Labute approximate surface area is 109 Å². The highest BCUT2D eigenvalue weighted by molar-refractivity contribution is 6.30. The van der Waals surface area contributed by atoms with E-state index in [0.29, 0.717) is 5.92 Å². The van der Waals surface area contributed by atoms with Gasteiger partial charge < -0.3 is 5.32 Å². The van der Waals surface area contributed by atoms with Crippen LogP contribution in [0, 0.1) is 23.2 Å². The zero-order valence-electron chi connectivity index (χ0n) is 10.4. The van der Waals surface area contributed by atoms with Crippen molar-refractivity contribution in [3.63, 3.8) is 0 Å². The summed E-state index contributed by atoms with van der Waals surface area (Å²) in [4.78, 5) is 0. The summed E-state index contributed by atoms with van der Waals surface area (Å²) in [6.45, 7) is 5.82. The zero-order chi connectivity index (χ0) is 12.7. The second kappa shape index (κ2) is 7.32. The molecule has 0 radical (unpaired) electrons. The summed E-state index contributed by atoms with van der Waals surface area (Å²) in [5, 5.41) is 13.0. The van der Waals surface area contributed by atoms with E-state index in [0.717, 1.165) is 24.5 Å². The molecule has 0 aliphatic rings. The summed E-state index contributed by atoms with van der Waals surface area (Å²) in [6, 6.07) is 10.2. The van der Waals surface area contributed by atoms with Gasteiger partial charge in [0.25, 0.3) is 0 Å². The Hall–Kier alpha value is -1.04. The summed E-state index contributed by atoms with van der Waals surface area (Å²) in [7, 11) is 0. The van der Waals surface area contributed by atoms with Crippen LogP contribution in [0.5, 0.6) is 0 Å². The molecule has 1 N–H and O–H groups in total. The van der Waals surface area contributed by atoms with Crippen molar-refractivity contribution in [1.29, 1.82) is 5.26 Å². The van der Waals surface area contributed by atoms with E-state index in [2.05, 4.69) is 25.2 Å². The van der Waals surface area contributed by atoms with Gasteiger partial charge in [-0.15, -0.1) is 0 Å². The third-order valence-corrected chi connectivity index (χ3v) is 3.09. The highest BCUT2D eigenvalue weighted by atomic mass is 35.5. The summed E-state index contributed by atoms with van der Waals surface area (Å²) in [6.07, 6.45) is 0.966. The normalized spacial score (nSPS) is 12.4. The Kier molecular flexibility index (Phi) is 6.04. The van der Waals surface area contributed by atoms with Gasteiger partial charge in [0, 0.05) is 11.6 Å². The maximum atomic E-state index is 8.94. The van der Waals surface area contributed by atoms with E-state index in [9.17, 15) is 0 Å². The minimum absolute atomic E-state index is 0.0974. The van der Waals surface area contributed by atoms with E-state index < -0.39 is 0 Å². The third-order valence-electron chi connectivity index (χ3n) is 2.84. The second-order valence-electron chi connectivity index (χ2n) is 4.56. The van der Waals surface area contributed by atoms with Crippen molar-refractivity contribution in [2.45, 2.75) is 20.3 Å². The highest BCUT2D eigenvalue weighted by Gasteiger charge is 2.10. The van der Waals surface area contributed by atoms with Gasteiger partial charge in [-0.2, -0.15) is 5.26 Å². The lowest BCUT2D eigenvalue weighted by molar-refractivity contribution is 0.444. The second-order valence-corrected chi connectivity index (χ2v) is 5.00. The molecule has 1 atom stereocenters. The Morgan fingerprint density at radius 2 is 1.94 bits per heavy atom. The maximum Gasteiger partial charge on any atom is 0.0671 e. The fraction of sp³-hybridized carbons (Fsp3) is 0.500. The van der Waals surface area contributed by atoms with Crippen LogP contribution in [0.4, 0.5) is 0 Å². The molecule has 92 valence electrons. The largest absolute Gasteiger partial charge is 0.315 e. The fourth-order valence-electron chi connectivity index (χ4n) is 1.57. The van der Waals surface area contributed by atoms with Gasteiger partial charge in [-0.3, -0.25) is 0 Å². The monoisotopic (exact) mass is 250 g/mol. The lowest BCUT2D eigenvalue weighted by atomic mass is 9.97. The van der Waals surface area contributed by atoms with Crippen LogP contribution in [-0.2, 0) is 6.42 Å². The summed E-state index contributed by atoms with van der Waals surface area (Å²) < 4.78 is 0. The molecule has 0 saturated heterocycles. The van der Waals surface area contributed by atoms with Crippen LogP contribution in [0.3, 0.4) is 0 Å². The number of nitrogens with one attached hydrogen (secondary N) is 1. The first-order valence-electron chi connectivity index (χ1n) is 5.98. The number of benzene rings is 1. The number of hydrogen-bond donors (Lipinski definition) is 1. The van der Waals surface area contributed by atoms with Crippen LogP contribution in [0.25, 0.3) is 0 Å². The molecule has 0 bridgehead atoms. The molecule has 3 heteroatoms. The lowest BCUT2D eigenvalue weighted by Gasteiger charge is -2.13. The summed E-state index contributed by atoms with van der Waals surface area (Å²) in [5.74, 6) is 0.503. The Bertz CT molecular complexity index is 365. The number of halogens is 1. The standard InChI is InChI=1S/C14H19ClN2/c1-11(2)13(9-16)10-17-8-7-12-3-5-14(15)6-4-12/h3-6,11,13,17H,7-8,10H2,1-2H3. The molecule has 0 amide bonds. The van der Waals surface area contributed by atoms with Crippen molar-refractivity contribution in [3.8, 4) is 6.07 Å². The van der Waals surface area contributed by atoms with Crippen LogP contribution >= 0.6 is 11.6 Å². The molecular weight excluding hydrogens is 232 g/mol. The van der Waals surface area contributed by atoms with Gasteiger partial charge in [0.15, 0.2) is 0 Å². The molecule has 0 aliphatic carbocycles. The minimum atomic E-state index is 0.0974. The van der Waals surface area contributed by atoms with Gasteiger partial charge in [-0.1, -0.05) is 37.6 Å². The minimum Gasteiger partial charge on any atom is -0.315 e. The number of nitriles is 1. The van der Waals surface area contributed by atoms with Crippen LogP contribution in [-0.4, -0.2) is 13.1 Å². The van der Waals surface area contributed by atoms with Crippen LogP contribution in [0.1, 0.15) is 19.4 Å². The SMILES string of the molecule is CC(C)C(C#N)CNCCc1ccc(Cl)cc1. The van der Waals surface area contributed by atoms with Gasteiger partial charge in [0.1, 0.15) is 0 Å². The van der Waals surface area contributed by atoms with Crippen molar-refractivity contribution < 1.29 is 0 Å². The molecule has 17 heavy (non-hydrogen) atoms. The van der Waals surface area contributed by atoms with Crippen LogP contribution in [0.15, 0.2) is 24.3 Å². The molecule has 1 unspecified atom stereocenters. The van der Waals surface area contributed by atoms with Gasteiger partial charge in [0.05, 0.1) is 12.0 Å².